The summed E-state index contributed by atoms with van der Waals surface area (Å²) in [6, 6.07) is 8.27. The van der Waals surface area contributed by atoms with Crippen molar-refractivity contribution < 1.29 is 4.79 Å². The molecule has 1 saturated heterocycles. The molecule has 0 saturated carbocycles. The number of aryl methyl sites for hydroxylation is 1. The summed E-state index contributed by atoms with van der Waals surface area (Å²) in [5, 5.41) is 1.98. The minimum absolute atomic E-state index is 0.0610. The largest absolute Gasteiger partial charge is 0.304 e. The van der Waals surface area contributed by atoms with Crippen LogP contribution in [0.4, 0.5) is 0 Å². The van der Waals surface area contributed by atoms with Crippen molar-refractivity contribution in [2.24, 2.45) is 0 Å². The molecule has 2 rings (SSSR count). The lowest BCUT2D eigenvalue weighted by atomic mass is 10.1. The van der Waals surface area contributed by atoms with Crippen LogP contribution in [-0.4, -0.2) is 49.0 Å². The summed E-state index contributed by atoms with van der Waals surface area (Å²) in [4.78, 5) is 14.1. The highest BCUT2D eigenvalue weighted by molar-refractivity contribution is 5.91. The van der Waals surface area contributed by atoms with Crippen LogP contribution in [0.25, 0.3) is 6.08 Å². The van der Waals surface area contributed by atoms with E-state index >= 15 is 0 Å². The summed E-state index contributed by atoms with van der Waals surface area (Å²) in [7, 11) is 2.10. The Balaban J connectivity index is 1.82. The van der Waals surface area contributed by atoms with Crippen LogP contribution in [0.5, 0.6) is 0 Å². The third-order valence-corrected chi connectivity index (χ3v) is 3.59. The lowest BCUT2D eigenvalue weighted by Gasteiger charge is -2.31. The molecule has 0 bridgehead atoms. The Morgan fingerprint density at radius 2 is 1.85 bits per heavy atom. The number of benzene rings is 1. The molecule has 1 fully saturated rings. The van der Waals surface area contributed by atoms with Crippen molar-refractivity contribution in [3.8, 4) is 0 Å². The normalized spacial score (nSPS) is 17.5. The number of hydrazine groups is 1. The first-order valence-corrected chi connectivity index (χ1v) is 7.18. The number of nitrogens with zero attached hydrogens (tertiary/aromatic N) is 2. The van der Waals surface area contributed by atoms with E-state index in [0.29, 0.717) is 0 Å². The zero-order valence-electron chi connectivity index (χ0n) is 12.3. The van der Waals surface area contributed by atoms with Gasteiger partial charge in [0.25, 0.3) is 5.91 Å². The number of piperazine rings is 1. The lowest BCUT2D eigenvalue weighted by molar-refractivity contribution is -0.121. The second-order valence-electron chi connectivity index (χ2n) is 5.19. The minimum atomic E-state index is -0.0610. The summed E-state index contributed by atoms with van der Waals surface area (Å²) in [6.45, 7) is 5.86. The monoisotopic (exact) mass is 273 g/mol. The van der Waals surface area contributed by atoms with Gasteiger partial charge >= 0.3 is 0 Å². The second-order valence-corrected chi connectivity index (χ2v) is 5.19. The number of carbonyl (C=O) groups is 1. The maximum absolute atomic E-state index is 11.8. The van der Waals surface area contributed by atoms with Gasteiger partial charge < -0.3 is 4.90 Å². The molecular weight excluding hydrogens is 250 g/mol. The van der Waals surface area contributed by atoms with E-state index in [0.717, 1.165) is 38.2 Å². The molecule has 0 radical (unpaired) electrons. The van der Waals surface area contributed by atoms with E-state index in [1.54, 1.807) is 6.08 Å². The number of likely N-dealkylation sites (N-methyl/N-ethyl adjacent to an activating group) is 1. The summed E-state index contributed by atoms with van der Waals surface area (Å²) in [5.41, 5.74) is 5.27. The predicted octanol–water partition coefficient (Wildman–Crippen LogP) is 1.54. The molecule has 1 aliphatic rings. The van der Waals surface area contributed by atoms with Crippen molar-refractivity contribution in [2.75, 3.05) is 33.2 Å². The Hall–Kier alpha value is -1.65. The number of nitrogens with one attached hydrogen (secondary N) is 1. The summed E-state index contributed by atoms with van der Waals surface area (Å²) in [6.07, 6.45) is 4.48. The highest BCUT2D eigenvalue weighted by Gasteiger charge is 2.14. The van der Waals surface area contributed by atoms with E-state index in [1.807, 2.05) is 23.2 Å². The standard InChI is InChI=1S/C16H23N3O/c1-3-14-4-6-15(7-5-14)8-9-16(20)17-19-12-10-18(2)11-13-19/h4-9H,3,10-13H2,1-2H3,(H,17,20)/b9-8+. The fourth-order valence-electron chi connectivity index (χ4n) is 2.15. The van der Waals surface area contributed by atoms with Crippen molar-refractivity contribution in [3.63, 3.8) is 0 Å². The van der Waals surface area contributed by atoms with E-state index in [4.69, 9.17) is 0 Å². The predicted molar refractivity (Wildman–Crippen MR) is 82.1 cm³/mol. The third kappa shape index (κ3) is 4.47. The molecule has 0 aromatic heterocycles. The van der Waals surface area contributed by atoms with Gasteiger partial charge in [0.15, 0.2) is 0 Å². The first-order valence-electron chi connectivity index (χ1n) is 7.18. The van der Waals surface area contributed by atoms with Gasteiger partial charge in [-0.1, -0.05) is 31.2 Å². The fraction of sp³-hybridized carbons (Fsp3) is 0.438. The van der Waals surface area contributed by atoms with Crippen LogP contribution >= 0.6 is 0 Å². The van der Waals surface area contributed by atoms with Gasteiger partial charge in [-0.2, -0.15) is 0 Å². The molecule has 1 N–H and O–H groups in total. The van der Waals surface area contributed by atoms with Crippen LogP contribution in [0.3, 0.4) is 0 Å². The van der Waals surface area contributed by atoms with Gasteiger partial charge in [-0.3, -0.25) is 10.2 Å². The van der Waals surface area contributed by atoms with Gasteiger partial charge in [-0.05, 0) is 30.7 Å². The average Bonchev–Trinajstić information content (AvgIpc) is 2.48. The molecule has 0 aliphatic carbocycles. The SMILES string of the molecule is CCc1ccc(/C=C/C(=O)NN2CCN(C)CC2)cc1. The maximum Gasteiger partial charge on any atom is 0.258 e. The molecule has 1 aliphatic heterocycles. The van der Waals surface area contributed by atoms with Crippen molar-refractivity contribution in [2.45, 2.75) is 13.3 Å². The molecule has 1 heterocycles. The quantitative estimate of drug-likeness (QED) is 0.845. The summed E-state index contributed by atoms with van der Waals surface area (Å²) >= 11 is 0. The molecule has 0 unspecified atom stereocenters. The van der Waals surface area contributed by atoms with Crippen molar-refractivity contribution in [3.05, 3.63) is 41.5 Å². The molecule has 1 aromatic carbocycles. The molecule has 0 atom stereocenters. The zero-order valence-corrected chi connectivity index (χ0v) is 12.3. The molecule has 1 amide bonds. The van der Waals surface area contributed by atoms with E-state index in [9.17, 15) is 4.79 Å². The Bertz CT molecular complexity index is 459. The van der Waals surface area contributed by atoms with Gasteiger partial charge in [-0.15, -0.1) is 0 Å². The molecule has 4 heteroatoms. The highest BCUT2D eigenvalue weighted by atomic mass is 16.2. The van der Waals surface area contributed by atoms with Gasteiger partial charge in [0.1, 0.15) is 0 Å². The summed E-state index contributed by atoms with van der Waals surface area (Å²) in [5.74, 6) is -0.0610. The summed E-state index contributed by atoms with van der Waals surface area (Å²) < 4.78 is 0. The number of hydrogen-bond acceptors (Lipinski definition) is 3. The van der Waals surface area contributed by atoms with Crippen LogP contribution < -0.4 is 5.43 Å². The van der Waals surface area contributed by atoms with Crippen LogP contribution in [-0.2, 0) is 11.2 Å². The van der Waals surface area contributed by atoms with Crippen LogP contribution in [0.1, 0.15) is 18.1 Å². The first kappa shape index (κ1) is 14.8. The lowest BCUT2D eigenvalue weighted by Crippen LogP contribution is -2.52. The van der Waals surface area contributed by atoms with E-state index in [2.05, 4.69) is 36.4 Å². The van der Waals surface area contributed by atoms with Crippen molar-refractivity contribution >= 4 is 12.0 Å². The first-order chi connectivity index (χ1) is 9.67. The molecule has 108 valence electrons. The van der Waals surface area contributed by atoms with E-state index < -0.39 is 0 Å². The molecule has 1 aromatic rings. The number of amides is 1. The fourth-order valence-corrected chi connectivity index (χ4v) is 2.15. The van der Waals surface area contributed by atoms with Gasteiger partial charge in [0, 0.05) is 32.3 Å². The molecular formula is C16H23N3O. The number of carbonyl (C=O) groups excluding carboxylic acids is 1. The third-order valence-electron chi connectivity index (χ3n) is 3.59. The zero-order chi connectivity index (χ0) is 14.4. The number of hydrogen-bond donors (Lipinski definition) is 1. The van der Waals surface area contributed by atoms with Gasteiger partial charge in [0.2, 0.25) is 0 Å². The molecule has 0 spiro atoms. The smallest absolute Gasteiger partial charge is 0.258 e. The van der Waals surface area contributed by atoms with Gasteiger partial charge in [-0.25, -0.2) is 5.01 Å². The minimum Gasteiger partial charge on any atom is -0.304 e. The van der Waals surface area contributed by atoms with Crippen molar-refractivity contribution in [1.82, 2.24) is 15.3 Å². The van der Waals surface area contributed by atoms with Crippen LogP contribution in [0, 0.1) is 0 Å². The average molecular weight is 273 g/mol. The Labute approximate surface area is 121 Å². The van der Waals surface area contributed by atoms with Crippen LogP contribution in [0.2, 0.25) is 0 Å². The van der Waals surface area contributed by atoms with Crippen LogP contribution in [0.15, 0.2) is 30.3 Å². The topological polar surface area (TPSA) is 35.6 Å². The highest BCUT2D eigenvalue weighted by Crippen LogP contribution is 2.06. The Kier molecular flexibility index (Phi) is 5.32. The van der Waals surface area contributed by atoms with Gasteiger partial charge in [0.05, 0.1) is 0 Å². The Morgan fingerprint density at radius 3 is 2.45 bits per heavy atom. The van der Waals surface area contributed by atoms with E-state index in [-0.39, 0.29) is 5.91 Å². The maximum atomic E-state index is 11.8. The Morgan fingerprint density at radius 1 is 1.20 bits per heavy atom. The van der Waals surface area contributed by atoms with E-state index in [1.165, 1.54) is 5.56 Å². The molecule has 4 nitrogen and oxygen atoms in total. The van der Waals surface area contributed by atoms with Crippen molar-refractivity contribution in [1.29, 1.82) is 0 Å². The molecule has 20 heavy (non-hydrogen) atoms. The number of rotatable bonds is 4. The second kappa shape index (κ2) is 7.22.